The molecule has 0 amide bonds. The van der Waals surface area contributed by atoms with E-state index in [1.165, 1.54) is 77.8 Å². The summed E-state index contributed by atoms with van der Waals surface area (Å²) >= 11 is 0. The molecule has 146 valence electrons. The minimum Gasteiger partial charge on any atom is -0.422 e. The van der Waals surface area contributed by atoms with Gasteiger partial charge in [-0.15, -0.1) is 0 Å². The Morgan fingerprint density at radius 3 is 1.46 bits per heavy atom. The lowest BCUT2D eigenvalue weighted by atomic mass is 10.3. The maximum absolute atomic E-state index is 5.84. The molecule has 4 nitrogen and oxygen atoms in total. The van der Waals surface area contributed by atoms with Crippen LogP contribution in [0, 0.1) is 0 Å². The van der Waals surface area contributed by atoms with Crippen molar-refractivity contribution in [2.75, 3.05) is 58.9 Å². The molecule has 0 fully saturated rings. The van der Waals surface area contributed by atoms with Crippen molar-refractivity contribution in [2.45, 2.75) is 66.5 Å². The zero-order valence-corrected chi connectivity index (χ0v) is 18.9. The van der Waals surface area contributed by atoms with Crippen LogP contribution >= 0.6 is 0 Å². The van der Waals surface area contributed by atoms with Gasteiger partial charge in [0.25, 0.3) is 0 Å². The molecule has 0 bridgehead atoms. The number of hydrogen-bond donors (Lipinski definition) is 0. The van der Waals surface area contributed by atoms with Crippen molar-refractivity contribution in [2.24, 2.45) is 0 Å². The van der Waals surface area contributed by atoms with E-state index >= 15 is 0 Å². The van der Waals surface area contributed by atoms with E-state index in [2.05, 4.69) is 56.2 Å². The molecule has 0 aliphatic heterocycles. The van der Waals surface area contributed by atoms with Crippen molar-refractivity contribution in [3.05, 3.63) is 0 Å². The fourth-order valence-corrected chi connectivity index (χ4v) is 4.27. The van der Waals surface area contributed by atoms with Gasteiger partial charge in [0.15, 0.2) is 9.76 Å². The maximum atomic E-state index is 5.84. The van der Waals surface area contributed by atoms with E-state index in [0.717, 1.165) is 0 Å². The summed E-state index contributed by atoms with van der Waals surface area (Å²) in [4.78, 5) is 7.75. The van der Waals surface area contributed by atoms with Crippen LogP contribution in [0.2, 0.25) is 6.04 Å². The average molecular weight is 360 g/mol. The normalized spacial score (nSPS) is 12.8. The molecule has 5 heteroatoms. The third kappa shape index (κ3) is 13.4. The van der Waals surface area contributed by atoms with Crippen LogP contribution < -0.4 is 0 Å². The van der Waals surface area contributed by atoms with Gasteiger partial charge in [-0.3, -0.25) is 0 Å². The van der Waals surface area contributed by atoms with Crippen molar-refractivity contribution in [3.8, 4) is 0 Å². The Balaban J connectivity index is 4.12. The number of nitrogens with zero attached hydrogens (tertiary/aromatic N) is 3. The van der Waals surface area contributed by atoms with Crippen LogP contribution in [0.5, 0.6) is 0 Å². The molecular formula is C19H45N3OSi. The Kier molecular flexibility index (Phi) is 16.6. The number of rotatable bonds is 17. The van der Waals surface area contributed by atoms with Gasteiger partial charge in [0.05, 0.1) is 0 Å². The third-order valence-corrected chi connectivity index (χ3v) is 6.26. The highest BCUT2D eigenvalue weighted by Gasteiger charge is 2.08. The van der Waals surface area contributed by atoms with E-state index in [1.807, 2.05) is 0 Å². The first-order chi connectivity index (χ1) is 11.6. The maximum Gasteiger partial charge on any atom is 0.163 e. The van der Waals surface area contributed by atoms with Crippen LogP contribution in [0.25, 0.3) is 0 Å². The predicted octanol–water partition coefficient (Wildman–Crippen LogP) is 2.68. The van der Waals surface area contributed by atoms with Gasteiger partial charge in [0, 0.05) is 6.10 Å². The Hall–Kier alpha value is 0.0569. The molecule has 0 aliphatic rings. The topological polar surface area (TPSA) is 19.0 Å². The van der Waals surface area contributed by atoms with Gasteiger partial charge < -0.3 is 19.1 Å². The highest BCUT2D eigenvalue weighted by atomic mass is 28.2. The second-order valence-electron chi connectivity index (χ2n) is 6.88. The molecule has 0 unspecified atom stereocenters. The van der Waals surface area contributed by atoms with Gasteiger partial charge in [-0.2, -0.15) is 0 Å². The smallest absolute Gasteiger partial charge is 0.163 e. The first kappa shape index (κ1) is 24.1. The molecule has 0 aliphatic carbocycles. The summed E-state index contributed by atoms with van der Waals surface area (Å²) < 4.78 is 5.84. The zero-order valence-electron chi connectivity index (χ0n) is 17.5. The molecule has 0 aromatic heterocycles. The summed E-state index contributed by atoms with van der Waals surface area (Å²) in [7, 11) is -0.337. The molecule has 0 saturated carbocycles. The van der Waals surface area contributed by atoms with Crippen molar-refractivity contribution >= 4 is 9.76 Å². The second-order valence-corrected chi connectivity index (χ2v) is 8.32. The van der Waals surface area contributed by atoms with E-state index in [9.17, 15) is 0 Å². The fraction of sp³-hybridized carbons (Fsp3) is 1.00. The average Bonchev–Trinajstić information content (AvgIpc) is 2.58. The van der Waals surface area contributed by atoms with E-state index < -0.39 is 0 Å². The van der Waals surface area contributed by atoms with Crippen LogP contribution in [0.1, 0.15) is 54.4 Å². The van der Waals surface area contributed by atoms with Gasteiger partial charge in [0.1, 0.15) is 0 Å². The van der Waals surface area contributed by atoms with Crippen LogP contribution in [-0.4, -0.2) is 89.5 Å². The van der Waals surface area contributed by atoms with E-state index in [4.69, 9.17) is 4.43 Å². The summed E-state index contributed by atoms with van der Waals surface area (Å²) in [6, 6.07) is 1.29. The van der Waals surface area contributed by atoms with Gasteiger partial charge in [-0.25, -0.2) is 0 Å². The third-order valence-electron chi connectivity index (χ3n) is 4.76. The lowest BCUT2D eigenvalue weighted by molar-refractivity contribution is 0.218. The van der Waals surface area contributed by atoms with Crippen LogP contribution in [0.3, 0.4) is 0 Å². The summed E-state index contributed by atoms with van der Waals surface area (Å²) in [6.07, 6.45) is 2.99. The van der Waals surface area contributed by atoms with Gasteiger partial charge in [-0.1, -0.05) is 27.7 Å². The van der Waals surface area contributed by atoms with Crippen molar-refractivity contribution < 1.29 is 4.43 Å². The first-order valence-corrected chi connectivity index (χ1v) is 11.9. The minimum absolute atomic E-state index is 0.337. The zero-order chi connectivity index (χ0) is 18.2. The molecule has 0 atom stereocenters. The number of hydrogen-bond acceptors (Lipinski definition) is 4. The highest BCUT2D eigenvalue weighted by molar-refractivity contribution is 6.27. The minimum atomic E-state index is -0.337. The summed E-state index contributed by atoms with van der Waals surface area (Å²) in [5.74, 6) is 0. The van der Waals surface area contributed by atoms with Crippen LogP contribution in [-0.2, 0) is 4.43 Å². The summed E-state index contributed by atoms with van der Waals surface area (Å²) in [6.45, 7) is 24.2. The summed E-state index contributed by atoms with van der Waals surface area (Å²) in [5, 5.41) is 0. The Bertz CT molecular complexity index is 241. The molecule has 0 N–H and O–H groups in total. The summed E-state index contributed by atoms with van der Waals surface area (Å²) in [5.41, 5.74) is 0. The molecule has 0 aromatic carbocycles. The fourth-order valence-electron chi connectivity index (χ4n) is 3.06. The van der Waals surface area contributed by atoms with Crippen molar-refractivity contribution in [1.29, 1.82) is 0 Å². The highest BCUT2D eigenvalue weighted by Crippen LogP contribution is 2.01. The Morgan fingerprint density at radius 1 is 0.667 bits per heavy atom. The van der Waals surface area contributed by atoms with E-state index in [0.29, 0.717) is 6.10 Å². The molecule has 0 rings (SSSR count). The lowest BCUT2D eigenvalue weighted by Gasteiger charge is -2.26. The van der Waals surface area contributed by atoms with Gasteiger partial charge >= 0.3 is 0 Å². The lowest BCUT2D eigenvalue weighted by Crippen LogP contribution is -2.34. The molecule has 0 saturated heterocycles. The SMILES string of the molecule is CCN(CC)CCCN(CCCN(CC)CC)CC[SiH2]OC(C)C. The van der Waals surface area contributed by atoms with Crippen molar-refractivity contribution in [3.63, 3.8) is 0 Å². The first-order valence-electron chi connectivity index (χ1n) is 10.4. The molecule has 0 spiro atoms. The van der Waals surface area contributed by atoms with Crippen molar-refractivity contribution in [1.82, 2.24) is 14.7 Å². The van der Waals surface area contributed by atoms with Gasteiger partial charge in [-0.05, 0) is 91.6 Å². The van der Waals surface area contributed by atoms with Gasteiger partial charge in [0.2, 0.25) is 0 Å². The van der Waals surface area contributed by atoms with E-state index in [-0.39, 0.29) is 9.76 Å². The van der Waals surface area contributed by atoms with Crippen LogP contribution in [0.4, 0.5) is 0 Å². The molecule has 0 radical (unpaired) electrons. The second kappa shape index (κ2) is 16.5. The largest absolute Gasteiger partial charge is 0.422 e. The quantitative estimate of drug-likeness (QED) is 0.293. The Labute approximate surface area is 154 Å². The Morgan fingerprint density at radius 2 is 1.08 bits per heavy atom. The molecular weight excluding hydrogens is 314 g/mol. The molecule has 24 heavy (non-hydrogen) atoms. The molecule has 0 aromatic rings. The predicted molar refractivity (Wildman–Crippen MR) is 111 cm³/mol. The van der Waals surface area contributed by atoms with E-state index in [1.54, 1.807) is 0 Å². The monoisotopic (exact) mass is 359 g/mol. The van der Waals surface area contributed by atoms with Crippen LogP contribution in [0.15, 0.2) is 0 Å². The molecule has 0 heterocycles. The standard InChI is InChI=1S/C19H45N3OSi/c1-7-20(8-2)13-11-15-22(17-18-24-23-19(5)6)16-12-14-21(9-3)10-4/h19H,7-18,24H2,1-6H3.